The number of rotatable bonds is 2. The predicted molar refractivity (Wildman–Crippen MR) is 73.8 cm³/mol. The minimum Gasteiger partial charge on any atom is -0.492 e. The molecule has 0 aromatic heterocycles. The van der Waals surface area contributed by atoms with Crippen LogP contribution in [0.25, 0.3) is 0 Å². The predicted octanol–water partition coefficient (Wildman–Crippen LogP) is 1.80. The Morgan fingerprint density at radius 2 is 1.84 bits per heavy atom. The molecule has 1 fully saturated rings. The number of hydrogen-bond acceptors (Lipinski definition) is 4. The van der Waals surface area contributed by atoms with Crippen LogP contribution in [0.3, 0.4) is 0 Å². The smallest absolute Gasteiger partial charge is 0.161 e. The van der Waals surface area contributed by atoms with Gasteiger partial charge in [-0.05, 0) is 18.9 Å². The lowest BCUT2D eigenvalue weighted by molar-refractivity contribution is 0.269. The van der Waals surface area contributed by atoms with Gasteiger partial charge in [0.25, 0.3) is 0 Å². The van der Waals surface area contributed by atoms with E-state index in [1.165, 1.54) is 0 Å². The first-order chi connectivity index (χ1) is 9.10. The first-order valence-electron chi connectivity index (χ1n) is 6.80. The summed E-state index contributed by atoms with van der Waals surface area (Å²) in [6.45, 7) is 0.178. The van der Waals surface area contributed by atoms with Crippen molar-refractivity contribution in [3.63, 3.8) is 0 Å². The van der Waals surface area contributed by atoms with E-state index in [0.717, 1.165) is 31.2 Å². The molecule has 2 aliphatic rings. The fourth-order valence-electron chi connectivity index (χ4n) is 3.13. The minimum absolute atomic E-state index is 0.178. The van der Waals surface area contributed by atoms with Crippen LogP contribution in [0.15, 0.2) is 24.3 Å². The van der Waals surface area contributed by atoms with Crippen LogP contribution in [-0.2, 0) is 9.84 Å². The lowest BCUT2D eigenvalue weighted by Gasteiger charge is -2.32. The molecule has 0 radical (unpaired) electrons. The van der Waals surface area contributed by atoms with Crippen molar-refractivity contribution in [2.75, 3.05) is 6.61 Å². The van der Waals surface area contributed by atoms with Gasteiger partial charge in [-0.25, -0.2) is 8.42 Å². The van der Waals surface area contributed by atoms with Crippen molar-refractivity contribution in [3.05, 3.63) is 29.8 Å². The number of para-hydroxylation sites is 1. The van der Waals surface area contributed by atoms with Gasteiger partial charge < -0.3 is 10.5 Å². The summed E-state index contributed by atoms with van der Waals surface area (Å²) in [6.07, 6.45) is 3.55. The largest absolute Gasteiger partial charge is 0.492 e. The van der Waals surface area contributed by atoms with Crippen molar-refractivity contribution in [3.8, 4) is 5.75 Å². The van der Waals surface area contributed by atoms with E-state index in [1.807, 2.05) is 24.3 Å². The standard InChI is InChI=1S/C14H19NO3S/c15-14-11-7-3-4-8-12(11)18-9-13(14)19(16,17)10-5-1-2-6-10/h3-4,7-8,10,13-14H,1-2,5-6,9,15H2. The number of nitrogens with two attached hydrogens (primary N) is 1. The molecule has 19 heavy (non-hydrogen) atoms. The van der Waals surface area contributed by atoms with Gasteiger partial charge in [-0.2, -0.15) is 0 Å². The van der Waals surface area contributed by atoms with Crippen LogP contribution in [0.4, 0.5) is 0 Å². The first-order valence-corrected chi connectivity index (χ1v) is 8.41. The third-order valence-electron chi connectivity index (χ3n) is 4.27. The number of fused-ring (bicyclic) bond motifs is 1. The molecule has 0 amide bonds. The molecule has 0 saturated heterocycles. The lowest BCUT2D eigenvalue weighted by atomic mass is 10.0. The molecule has 2 N–H and O–H groups in total. The molecule has 2 unspecified atom stereocenters. The monoisotopic (exact) mass is 281 g/mol. The topological polar surface area (TPSA) is 69.4 Å². The Hall–Kier alpha value is -1.07. The van der Waals surface area contributed by atoms with Crippen molar-refractivity contribution >= 4 is 9.84 Å². The Morgan fingerprint density at radius 1 is 1.16 bits per heavy atom. The zero-order valence-electron chi connectivity index (χ0n) is 10.8. The Balaban J connectivity index is 1.91. The highest BCUT2D eigenvalue weighted by Gasteiger charge is 2.42. The Morgan fingerprint density at radius 3 is 2.58 bits per heavy atom. The van der Waals surface area contributed by atoms with E-state index in [2.05, 4.69) is 0 Å². The van der Waals surface area contributed by atoms with E-state index in [-0.39, 0.29) is 11.9 Å². The SMILES string of the molecule is NC1c2ccccc2OCC1S(=O)(=O)C1CCCC1. The van der Waals surface area contributed by atoms with Crippen molar-refractivity contribution in [1.82, 2.24) is 0 Å². The summed E-state index contributed by atoms with van der Waals surface area (Å²) in [5.41, 5.74) is 6.99. The van der Waals surface area contributed by atoms with Gasteiger partial charge in [-0.3, -0.25) is 0 Å². The van der Waals surface area contributed by atoms with Crippen molar-refractivity contribution < 1.29 is 13.2 Å². The third-order valence-corrected chi connectivity index (χ3v) is 6.94. The first kappa shape index (κ1) is 12.9. The average molecular weight is 281 g/mol. The van der Waals surface area contributed by atoms with Crippen LogP contribution in [0.5, 0.6) is 5.75 Å². The summed E-state index contributed by atoms with van der Waals surface area (Å²) < 4.78 is 30.9. The van der Waals surface area contributed by atoms with E-state index in [4.69, 9.17) is 10.5 Å². The fourth-order valence-corrected chi connectivity index (χ4v) is 5.42. The van der Waals surface area contributed by atoms with E-state index < -0.39 is 21.1 Å². The molecule has 1 aromatic carbocycles. The van der Waals surface area contributed by atoms with Crippen molar-refractivity contribution in [2.45, 2.75) is 42.2 Å². The normalized spacial score (nSPS) is 27.8. The molecule has 0 spiro atoms. The second kappa shape index (κ2) is 4.80. The highest BCUT2D eigenvalue weighted by molar-refractivity contribution is 7.92. The zero-order valence-corrected chi connectivity index (χ0v) is 11.6. The van der Waals surface area contributed by atoms with Crippen molar-refractivity contribution in [2.24, 2.45) is 5.73 Å². The van der Waals surface area contributed by atoms with E-state index >= 15 is 0 Å². The highest BCUT2D eigenvalue weighted by atomic mass is 32.2. The molecule has 4 nitrogen and oxygen atoms in total. The van der Waals surface area contributed by atoms with Gasteiger partial charge in [-0.1, -0.05) is 31.0 Å². The van der Waals surface area contributed by atoms with Crippen LogP contribution in [0.2, 0.25) is 0 Å². The van der Waals surface area contributed by atoms with Gasteiger partial charge in [-0.15, -0.1) is 0 Å². The molecule has 1 aliphatic heterocycles. The van der Waals surface area contributed by atoms with Gasteiger partial charge in [0.2, 0.25) is 0 Å². The zero-order chi connectivity index (χ0) is 13.5. The summed E-state index contributed by atoms with van der Waals surface area (Å²) in [7, 11) is -3.20. The Kier molecular flexibility index (Phi) is 3.27. The van der Waals surface area contributed by atoms with Crippen molar-refractivity contribution in [1.29, 1.82) is 0 Å². The summed E-state index contributed by atoms with van der Waals surface area (Å²) in [6, 6.07) is 6.96. The molecular formula is C14H19NO3S. The molecule has 1 saturated carbocycles. The van der Waals surface area contributed by atoms with E-state index in [1.54, 1.807) is 0 Å². The molecule has 5 heteroatoms. The number of benzene rings is 1. The molecule has 104 valence electrons. The van der Waals surface area contributed by atoms with Gasteiger partial charge in [0, 0.05) is 5.56 Å². The molecule has 1 heterocycles. The summed E-state index contributed by atoms with van der Waals surface area (Å²) >= 11 is 0. The number of sulfone groups is 1. The summed E-state index contributed by atoms with van der Waals surface area (Å²) in [4.78, 5) is 0. The Labute approximate surface area is 113 Å². The number of ether oxygens (including phenoxy) is 1. The van der Waals surface area contributed by atoms with Crippen LogP contribution < -0.4 is 10.5 Å². The van der Waals surface area contributed by atoms with Gasteiger partial charge in [0.15, 0.2) is 9.84 Å². The van der Waals surface area contributed by atoms with Gasteiger partial charge in [0.05, 0.1) is 11.3 Å². The van der Waals surface area contributed by atoms with Crippen LogP contribution in [0.1, 0.15) is 37.3 Å². The Bertz CT molecular complexity index is 564. The third kappa shape index (κ3) is 2.15. The minimum atomic E-state index is -3.20. The molecule has 3 rings (SSSR count). The highest BCUT2D eigenvalue weighted by Crippen LogP contribution is 2.37. The summed E-state index contributed by atoms with van der Waals surface area (Å²) in [5, 5.41) is -0.831. The molecule has 0 bridgehead atoms. The lowest BCUT2D eigenvalue weighted by Crippen LogP contribution is -2.45. The maximum absolute atomic E-state index is 12.6. The second-order valence-electron chi connectivity index (χ2n) is 5.41. The van der Waals surface area contributed by atoms with Crippen LogP contribution in [-0.4, -0.2) is 25.5 Å². The second-order valence-corrected chi connectivity index (χ2v) is 7.86. The molecular weight excluding hydrogens is 262 g/mol. The van der Waals surface area contributed by atoms with E-state index in [9.17, 15) is 8.42 Å². The van der Waals surface area contributed by atoms with Gasteiger partial charge >= 0.3 is 0 Å². The maximum atomic E-state index is 12.6. The average Bonchev–Trinajstić information content (AvgIpc) is 2.94. The van der Waals surface area contributed by atoms with Gasteiger partial charge in [0.1, 0.15) is 17.6 Å². The molecule has 2 atom stereocenters. The summed E-state index contributed by atoms with van der Waals surface area (Å²) in [5.74, 6) is 0.716. The van der Waals surface area contributed by atoms with Crippen LogP contribution in [0, 0.1) is 0 Å². The molecule has 1 aliphatic carbocycles. The fraction of sp³-hybridized carbons (Fsp3) is 0.571. The maximum Gasteiger partial charge on any atom is 0.161 e. The molecule has 1 aromatic rings. The van der Waals surface area contributed by atoms with E-state index in [0.29, 0.717) is 5.75 Å². The quantitative estimate of drug-likeness (QED) is 0.897. The number of hydrogen-bond donors (Lipinski definition) is 1. The van der Waals surface area contributed by atoms with Crippen LogP contribution >= 0.6 is 0 Å².